The number of benzene rings is 2. The summed E-state index contributed by atoms with van der Waals surface area (Å²) < 4.78 is 0. The van der Waals surface area contributed by atoms with Gasteiger partial charge in [0, 0.05) is 50.1 Å². The van der Waals surface area contributed by atoms with Crippen LogP contribution in [0.4, 0.5) is 15.3 Å². The number of aliphatic hydroxyl groups is 2. The van der Waals surface area contributed by atoms with E-state index in [1.165, 1.54) is 23.5 Å². The number of amides is 6. The number of carbonyl (C=O) groups is 4. The molecule has 0 radical (unpaired) electrons. The lowest BCUT2D eigenvalue weighted by atomic mass is 9.67. The number of nitrogens with zero attached hydrogens (tertiary/aromatic N) is 9. The van der Waals surface area contributed by atoms with E-state index >= 15 is 0 Å². The van der Waals surface area contributed by atoms with Crippen molar-refractivity contribution in [2.45, 2.75) is 136 Å². The number of β-amino-alcohol motifs (C(OH)–C–C–N with tert-alkyl or cyclic N) is 2. The van der Waals surface area contributed by atoms with Crippen molar-refractivity contribution in [1.29, 1.82) is 5.26 Å². The van der Waals surface area contributed by atoms with E-state index in [1.807, 2.05) is 28.0 Å². The number of hydrogen-bond acceptors (Lipinski definition) is 11. The normalized spacial score (nSPS) is 27.8. The molecule has 6 aliphatic rings. The molecule has 4 saturated carbocycles. The summed E-state index contributed by atoms with van der Waals surface area (Å²) in [5.41, 5.74) is 5.95. The minimum Gasteiger partial charge on any atom is -0.388 e. The Kier molecular flexibility index (Phi) is 14.6. The topological polar surface area (TPSA) is 216 Å². The molecule has 0 unspecified atom stereocenters. The van der Waals surface area contributed by atoms with Crippen LogP contribution in [0.25, 0.3) is 0 Å². The molecule has 4 aliphatic carbocycles. The van der Waals surface area contributed by atoms with E-state index in [4.69, 9.17) is 11.0 Å². The van der Waals surface area contributed by atoms with Gasteiger partial charge in [0.1, 0.15) is 6.07 Å². The highest BCUT2D eigenvalue weighted by Gasteiger charge is 2.58. The molecule has 6 amide bonds. The summed E-state index contributed by atoms with van der Waals surface area (Å²) in [7, 11) is 8.53. The summed E-state index contributed by atoms with van der Waals surface area (Å²) in [6, 6.07) is 22.9. The van der Waals surface area contributed by atoms with Crippen LogP contribution in [0.1, 0.15) is 120 Å². The first-order chi connectivity index (χ1) is 33.4. The van der Waals surface area contributed by atoms with E-state index < -0.39 is 17.1 Å². The lowest BCUT2D eigenvalue weighted by Gasteiger charge is -2.52. The van der Waals surface area contributed by atoms with Crippen molar-refractivity contribution in [3.8, 4) is 6.07 Å². The van der Waals surface area contributed by atoms with Gasteiger partial charge in [0.2, 0.25) is 17.6 Å². The third-order valence-corrected chi connectivity index (χ3v) is 17.2. The predicted molar refractivity (Wildman–Crippen MR) is 265 cm³/mol. The van der Waals surface area contributed by atoms with Crippen LogP contribution in [0.2, 0.25) is 0 Å². The maximum Gasteiger partial charge on any atom is 0.320 e. The van der Waals surface area contributed by atoms with E-state index in [0.717, 1.165) is 77.0 Å². The van der Waals surface area contributed by atoms with Crippen LogP contribution in [-0.4, -0.2) is 163 Å². The van der Waals surface area contributed by atoms with Gasteiger partial charge in [-0.2, -0.15) is 5.26 Å². The number of hydrogen-bond donors (Lipinski definition) is 4. The van der Waals surface area contributed by atoms with Crippen molar-refractivity contribution in [2.24, 2.45) is 5.73 Å². The fraction of sp³-hybridized carbons (Fsp3) is 0.604. The number of urea groups is 2. The molecule has 2 saturated heterocycles. The average molecular weight is 960 g/mol. The monoisotopic (exact) mass is 960 g/mol. The van der Waals surface area contributed by atoms with Crippen LogP contribution >= 0.6 is 0 Å². The Morgan fingerprint density at radius 3 is 1.40 bits per heavy atom. The van der Waals surface area contributed by atoms with E-state index in [9.17, 15) is 29.4 Å². The summed E-state index contributed by atoms with van der Waals surface area (Å²) in [5.74, 6) is -0.606. The molecular weight excluding hydrogens is 887 g/mol. The molecule has 376 valence electrons. The molecule has 0 bridgehead atoms. The Morgan fingerprint density at radius 1 is 0.657 bits per heavy atom. The highest BCUT2D eigenvalue weighted by atomic mass is 16.3. The average Bonchev–Trinajstić information content (AvgIpc) is 3.74. The third-order valence-electron chi connectivity index (χ3n) is 17.2. The molecule has 9 rings (SSSR count). The van der Waals surface area contributed by atoms with E-state index in [1.54, 1.807) is 9.80 Å². The zero-order valence-corrected chi connectivity index (χ0v) is 41.6. The zero-order chi connectivity index (χ0) is 50.0. The van der Waals surface area contributed by atoms with Crippen LogP contribution in [-0.2, 0) is 20.7 Å². The van der Waals surface area contributed by atoms with Crippen LogP contribution < -0.4 is 11.1 Å². The fourth-order valence-electron chi connectivity index (χ4n) is 12.4. The second-order valence-electron chi connectivity index (χ2n) is 21.7. The van der Waals surface area contributed by atoms with Crippen LogP contribution in [0, 0.1) is 11.3 Å². The maximum absolute atomic E-state index is 13.8. The number of primary amides is 1. The molecule has 1 aromatic heterocycles. The Balaban J connectivity index is 0.000000193. The van der Waals surface area contributed by atoms with Crippen molar-refractivity contribution >= 4 is 29.6 Å². The van der Waals surface area contributed by atoms with Crippen molar-refractivity contribution in [1.82, 2.24) is 39.4 Å². The van der Waals surface area contributed by atoms with Gasteiger partial charge in [0.05, 0.1) is 53.5 Å². The van der Waals surface area contributed by atoms with Crippen LogP contribution in [0.3, 0.4) is 0 Å². The molecule has 17 heteroatoms. The van der Waals surface area contributed by atoms with Gasteiger partial charge in [-0.05, 0) is 129 Å². The van der Waals surface area contributed by atoms with E-state index in [2.05, 4.69) is 102 Å². The highest BCUT2D eigenvalue weighted by molar-refractivity contribution is 5.91. The first-order valence-corrected chi connectivity index (χ1v) is 25.2. The molecule has 3 heterocycles. The summed E-state index contributed by atoms with van der Waals surface area (Å²) >= 11 is 0. The third kappa shape index (κ3) is 10.1. The lowest BCUT2D eigenvalue weighted by molar-refractivity contribution is -0.118. The second kappa shape index (κ2) is 20.2. The molecule has 3 aromatic rings. The molecule has 5 N–H and O–H groups in total. The number of carbonyl (C=O) groups excluding carboxylic acids is 4. The Hall–Kier alpha value is -5.67. The number of nitrogens with two attached hydrogens (primary N) is 1. The maximum atomic E-state index is 13.8. The molecule has 70 heavy (non-hydrogen) atoms. The number of anilines is 1. The van der Waals surface area contributed by atoms with Crippen molar-refractivity contribution in [3.05, 3.63) is 90.0 Å². The first kappa shape index (κ1) is 50.7. The Morgan fingerprint density at radius 2 is 1.06 bits per heavy atom. The highest BCUT2D eigenvalue weighted by Crippen LogP contribution is 2.52. The Bertz CT molecular complexity index is 2370. The lowest BCUT2D eigenvalue weighted by Crippen LogP contribution is -2.59. The molecule has 2 aliphatic heterocycles. The molecule has 0 atom stereocenters. The molecule has 17 nitrogen and oxygen atoms in total. The number of nitriles is 1. The number of rotatable bonds is 15. The van der Waals surface area contributed by atoms with E-state index in [-0.39, 0.29) is 65.3 Å². The van der Waals surface area contributed by atoms with Crippen LogP contribution in [0.5, 0.6) is 0 Å². The molecule has 2 spiro atoms. The van der Waals surface area contributed by atoms with Gasteiger partial charge in [0.25, 0.3) is 0 Å². The summed E-state index contributed by atoms with van der Waals surface area (Å²) in [5, 5.41) is 33.5. The van der Waals surface area contributed by atoms with Gasteiger partial charge in [-0.15, -0.1) is 0 Å². The minimum absolute atomic E-state index is 0.0344. The van der Waals surface area contributed by atoms with Crippen molar-refractivity contribution in [2.75, 3.05) is 72.8 Å². The largest absolute Gasteiger partial charge is 0.388 e. The van der Waals surface area contributed by atoms with Gasteiger partial charge >= 0.3 is 12.1 Å². The number of nitrogens with one attached hydrogen (secondary N) is 1. The molecule has 2 aromatic carbocycles. The quantitative estimate of drug-likeness (QED) is 0.152. The smallest absolute Gasteiger partial charge is 0.320 e. The zero-order valence-electron chi connectivity index (χ0n) is 41.6. The van der Waals surface area contributed by atoms with Crippen LogP contribution in [0.15, 0.2) is 73.1 Å². The predicted octanol–water partition coefficient (Wildman–Crippen LogP) is 5.38. The second-order valence-corrected chi connectivity index (χ2v) is 21.7. The standard InChI is InChI=1S/C29H37N7O3.C24H36N4O3/c1-34(2)29(22-7-4-3-5-8-22)14-12-27(13-15-29)20-35(26(38)36(27)21-28(39)10-6-11-28)16-9-25(37)33-23-18-31-24(17-30)32-19-23;1-26(2)24(19-7-4-3-5-8-19)14-12-22(13-15-24)17-27(16-9-20(25)29)21(30)28(22)18-23(31)10-6-11-23/h3-5,7-8,18-19,39H,6,9-16,20-21H2,1-2H3,(H,33,37);3-5,7-8,31H,6,9-18H2,1-2H3,(H2,25,29). The minimum atomic E-state index is -0.818. The first-order valence-electron chi connectivity index (χ1n) is 25.2. The van der Waals surface area contributed by atoms with Gasteiger partial charge in [-0.25, -0.2) is 19.6 Å². The Labute approximate surface area is 413 Å². The molecular formula is C53H73N11O6. The SMILES string of the molecule is CN(C)C1(c2ccccc2)CCC2(CC1)CN(CCC(=O)Nc1cnc(C#N)nc1)C(=O)N2CC1(O)CCC1.CN(C)C1(c2ccccc2)CCC2(CC1)CN(CCC(N)=O)C(=O)N2CC1(O)CCC1. The van der Waals surface area contributed by atoms with Crippen molar-refractivity contribution < 1.29 is 29.4 Å². The van der Waals surface area contributed by atoms with E-state index in [0.29, 0.717) is 51.3 Å². The fourth-order valence-corrected chi connectivity index (χ4v) is 12.4. The van der Waals surface area contributed by atoms with Gasteiger partial charge in [-0.1, -0.05) is 60.7 Å². The summed E-state index contributed by atoms with van der Waals surface area (Å²) in [4.78, 5) is 70.9. The van der Waals surface area contributed by atoms with Gasteiger partial charge < -0.3 is 40.9 Å². The van der Waals surface area contributed by atoms with Gasteiger partial charge in [-0.3, -0.25) is 19.4 Å². The summed E-state index contributed by atoms with van der Waals surface area (Å²) in [6.07, 6.45) is 15.1. The summed E-state index contributed by atoms with van der Waals surface area (Å²) in [6.45, 7) is 2.52. The van der Waals surface area contributed by atoms with Gasteiger partial charge in [0.15, 0.2) is 0 Å². The van der Waals surface area contributed by atoms with Crippen molar-refractivity contribution in [3.63, 3.8) is 0 Å². The number of aromatic nitrogens is 2. The molecule has 6 fully saturated rings.